The van der Waals surface area contributed by atoms with Gasteiger partial charge in [0, 0.05) is 5.02 Å². The number of halogens is 1. The smallest absolute Gasteiger partial charge is 0.249 e. The van der Waals surface area contributed by atoms with Crippen LogP contribution in [0.2, 0.25) is 5.02 Å². The Labute approximate surface area is 121 Å². The number of nitrogens with zero attached hydrogens (tertiary/aromatic N) is 1. The third kappa shape index (κ3) is 3.17. The van der Waals surface area contributed by atoms with Crippen molar-refractivity contribution in [2.75, 3.05) is 6.54 Å². The summed E-state index contributed by atoms with van der Waals surface area (Å²) in [6, 6.07) is 6.35. The summed E-state index contributed by atoms with van der Waals surface area (Å²) in [6.07, 6.45) is 0.625. The van der Waals surface area contributed by atoms with Crippen LogP contribution in [0.1, 0.15) is 18.9 Å². The van der Waals surface area contributed by atoms with Gasteiger partial charge in [-0.2, -0.15) is 0 Å². The third-order valence-electron chi connectivity index (χ3n) is 3.23. The van der Waals surface area contributed by atoms with E-state index in [2.05, 4.69) is 5.32 Å². The number of imide groups is 1. The van der Waals surface area contributed by atoms with Gasteiger partial charge in [-0.15, -0.1) is 0 Å². The molecule has 1 saturated heterocycles. The number of carbonyl (C=O) groups is 3. The molecule has 0 radical (unpaired) electrons. The molecule has 1 aliphatic heterocycles. The van der Waals surface area contributed by atoms with Crippen molar-refractivity contribution in [3.05, 3.63) is 34.9 Å². The Balaban J connectivity index is 2.11. The Bertz CT molecular complexity index is 542. The van der Waals surface area contributed by atoms with E-state index >= 15 is 0 Å². The molecule has 2 rings (SSSR count). The molecule has 6 heteroatoms. The molecule has 5 nitrogen and oxygen atoms in total. The molecule has 1 aromatic rings. The third-order valence-corrected chi connectivity index (χ3v) is 3.48. The largest absolute Gasteiger partial charge is 0.321 e. The van der Waals surface area contributed by atoms with E-state index in [1.807, 2.05) is 6.92 Å². The van der Waals surface area contributed by atoms with Crippen molar-refractivity contribution in [1.29, 1.82) is 0 Å². The first kappa shape index (κ1) is 14.5. The van der Waals surface area contributed by atoms with Crippen LogP contribution >= 0.6 is 11.6 Å². The summed E-state index contributed by atoms with van der Waals surface area (Å²) >= 11 is 5.79. The fourth-order valence-corrected chi connectivity index (χ4v) is 2.34. The number of hydrogen-bond acceptors (Lipinski definition) is 3. The van der Waals surface area contributed by atoms with Gasteiger partial charge in [-0.05, 0) is 24.1 Å². The highest BCUT2D eigenvalue weighted by atomic mass is 35.5. The molecule has 1 unspecified atom stereocenters. The van der Waals surface area contributed by atoms with Crippen molar-refractivity contribution in [2.45, 2.75) is 25.8 Å². The van der Waals surface area contributed by atoms with E-state index < -0.39 is 17.9 Å². The molecule has 0 aliphatic carbocycles. The zero-order chi connectivity index (χ0) is 14.7. The molecular formula is C14H15ClN2O3. The summed E-state index contributed by atoms with van der Waals surface area (Å²) in [5.41, 5.74) is 0.799. The monoisotopic (exact) mass is 294 g/mol. The molecule has 0 aromatic heterocycles. The summed E-state index contributed by atoms with van der Waals surface area (Å²) < 4.78 is 0. The van der Waals surface area contributed by atoms with Crippen LogP contribution in [0, 0.1) is 0 Å². The topological polar surface area (TPSA) is 66.5 Å². The van der Waals surface area contributed by atoms with Crippen molar-refractivity contribution in [2.24, 2.45) is 0 Å². The Morgan fingerprint density at radius 3 is 2.60 bits per heavy atom. The lowest BCUT2D eigenvalue weighted by atomic mass is 10.1. The van der Waals surface area contributed by atoms with Gasteiger partial charge < -0.3 is 4.90 Å². The standard InChI is InChI=1S/C14H15ClN2O3/c1-2-11-14(20)16-12(18)8-17(11)13(19)7-9-3-5-10(15)6-4-9/h3-6,11H,2,7-8H2,1H3,(H,16,18,20). The molecule has 0 spiro atoms. The van der Waals surface area contributed by atoms with Crippen LogP contribution in [0.4, 0.5) is 0 Å². The number of piperazine rings is 1. The molecule has 1 aromatic carbocycles. The van der Waals surface area contributed by atoms with Crippen molar-refractivity contribution in [3.8, 4) is 0 Å². The Morgan fingerprint density at radius 2 is 2.00 bits per heavy atom. The summed E-state index contributed by atoms with van der Waals surface area (Å²) in [5, 5.41) is 2.84. The molecule has 1 atom stereocenters. The number of nitrogens with one attached hydrogen (secondary N) is 1. The van der Waals surface area contributed by atoms with Gasteiger partial charge in [0.05, 0.1) is 6.42 Å². The lowest BCUT2D eigenvalue weighted by Crippen LogP contribution is -2.59. The molecule has 1 fully saturated rings. The zero-order valence-corrected chi connectivity index (χ0v) is 11.8. The van der Waals surface area contributed by atoms with Crippen LogP contribution in [0.15, 0.2) is 24.3 Å². The average molecular weight is 295 g/mol. The number of rotatable bonds is 3. The van der Waals surface area contributed by atoms with E-state index in [1.54, 1.807) is 24.3 Å². The molecule has 20 heavy (non-hydrogen) atoms. The van der Waals surface area contributed by atoms with Gasteiger partial charge in [0.1, 0.15) is 12.6 Å². The summed E-state index contributed by atoms with van der Waals surface area (Å²) in [4.78, 5) is 36.7. The lowest BCUT2D eigenvalue weighted by molar-refractivity contribution is -0.149. The molecule has 1 N–H and O–H groups in total. The normalized spacial score (nSPS) is 18.9. The summed E-state index contributed by atoms with van der Waals surface area (Å²) in [7, 11) is 0. The van der Waals surface area contributed by atoms with Crippen molar-refractivity contribution in [1.82, 2.24) is 10.2 Å². The second kappa shape index (κ2) is 6.05. The van der Waals surface area contributed by atoms with Gasteiger partial charge in [-0.25, -0.2) is 0 Å². The van der Waals surface area contributed by atoms with Crippen molar-refractivity contribution < 1.29 is 14.4 Å². The minimum atomic E-state index is -0.576. The van der Waals surface area contributed by atoms with E-state index in [9.17, 15) is 14.4 Å². The maximum atomic E-state index is 12.3. The van der Waals surface area contributed by atoms with Crippen LogP contribution in [0.25, 0.3) is 0 Å². The van der Waals surface area contributed by atoms with E-state index in [1.165, 1.54) is 4.90 Å². The van der Waals surface area contributed by atoms with E-state index in [-0.39, 0.29) is 18.9 Å². The van der Waals surface area contributed by atoms with Crippen molar-refractivity contribution in [3.63, 3.8) is 0 Å². The first-order valence-electron chi connectivity index (χ1n) is 6.39. The fraction of sp³-hybridized carbons (Fsp3) is 0.357. The van der Waals surface area contributed by atoms with Gasteiger partial charge in [-0.3, -0.25) is 19.7 Å². The molecule has 106 valence electrons. The second-order valence-corrected chi connectivity index (χ2v) is 5.10. The maximum Gasteiger partial charge on any atom is 0.249 e. The second-order valence-electron chi connectivity index (χ2n) is 4.66. The highest BCUT2D eigenvalue weighted by Gasteiger charge is 2.35. The van der Waals surface area contributed by atoms with Crippen LogP contribution in [-0.4, -0.2) is 35.2 Å². The lowest BCUT2D eigenvalue weighted by Gasteiger charge is -2.33. The number of carbonyl (C=O) groups excluding carboxylic acids is 3. The average Bonchev–Trinajstić information content (AvgIpc) is 2.40. The molecule has 1 heterocycles. The van der Waals surface area contributed by atoms with Gasteiger partial charge >= 0.3 is 0 Å². The predicted octanol–water partition coefficient (Wildman–Crippen LogP) is 1.15. The van der Waals surface area contributed by atoms with E-state index in [0.29, 0.717) is 11.4 Å². The minimum Gasteiger partial charge on any atom is -0.321 e. The molecule has 1 aliphatic rings. The van der Waals surface area contributed by atoms with Crippen molar-refractivity contribution >= 4 is 29.3 Å². The molecular weight excluding hydrogens is 280 g/mol. The highest BCUT2D eigenvalue weighted by Crippen LogP contribution is 2.14. The first-order valence-corrected chi connectivity index (χ1v) is 6.76. The van der Waals surface area contributed by atoms with E-state index in [4.69, 9.17) is 11.6 Å². The number of hydrogen-bond donors (Lipinski definition) is 1. The first-order chi connectivity index (χ1) is 9.51. The van der Waals surface area contributed by atoms with Crippen LogP contribution < -0.4 is 5.32 Å². The number of benzene rings is 1. The summed E-state index contributed by atoms with van der Waals surface area (Å²) in [5.74, 6) is -1.08. The van der Waals surface area contributed by atoms with Gasteiger partial charge in [-0.1, -0.05) is 30.7 Å². The Kier molecular flexibility index (Phi) is 4.39. The maximum absolute atomic E-state index is 12.3. The Hall–Kier alpha value is -1.88. The fourth-order valence-electron chi connectivity index (χ4n) is 2.21. The number of amides is 3. The minimum absolute atomic E-state index is 0.0727. The van der Waals surface area contributed by atoms with Crippen LogP contribution in [-0.2, 0) is 20.8 Å². The van der Waals surface area contributed by atoms with Crippen LogP contribution in [0.5, 0.6) is 0 Å². The van der Waals surface area contributed by atoms with E-state index in [0.717, 1.165) is 5.56 Å². The molecule has 0 saturated carbocycles. The van der Waals surface area contributed by atoms with Gasteiger partial charge in [0.2, 0.25) is 17.7 Å². The van der Waals surface area contributed by atoms with Gasteiger partial charge in [0.15, 0.2) is 0 Å². The van der Waals surface area contributed by atoms with Crippen LogP contribution in [0.3, 0.4) is 0 Å². The quantitative estimate of drug-likeness (QED) is 0.850. The molecule has 3 amide bonds. The van der Waals surface area contributed by atoms with Gasteiger partial charge in [0.25, 0.3) is 0 Å². The molecule has 0 bridgehead atoms. The Morgan fingerprint density at radius 1 is 1.35 bits per heavy atom. The zero-order valence-electron chi connectivity index (χ0n) is 11.1. The SMILES string of the molecule is CCC1C(=O)NC(=O)CN1C(=O)Cc1ccc(Cl)cc1. The summed E-state index contributed by atoms with van der Waals surface area (Å²) in [6.45, 7) is 1.74. The predicted molar refractivity (Wildman–Crippen MR) is 74.1 cm³/mol. The highest BCUT2D eigenvalue weighted by molar-refractivity contribution is 6.30.